The smallest absolute Gasteiger partial charge is 0.402 e. The van der Waals surface area contributed by atoms with Crippen LogP contribution in [0.15, 0.2) is 24.3 Å². The van der Waals surface area contributed by atoms with Crippen LogP contribution in [-0.2, 0) is 9.31 Å². The van der Waals surface area contributed by atoms with Crippen molar-refractivity contribution in [2.45, 2.75) is 44.8 Å². The Hall–Kier alpha value is -0.545. The molecule has 0 unspecified atom stereocenters. The Morgan fingerprint density at radius 1 is 1.06 bits per heavy atom. The van der Waals surface area contributed by atoms with E-state index in [9.17, 15) is 0 Å². The van der Waals surface area contributed by atoms with Crippen molar-refractivity contribution in [1.82, 2.24) is 0 Å². The molecule has 1 aliphatic heterocycles. The summed E-state index contributed by atoms with van der Waals surface area (Å²) in [4.78, 5) is 0. The second-order valence-electron chi connectivity index (χ2n) is 5.70. The molecule has 0 spiro atoms. The van der Waals surface area contributed by atoms with Gasteiger partial charge in [0.2, 0.25) is 0 Å². The predicted octanol–water partition coefficient (Wildman–Crippen LogP) is 2.97. The summed E-state index contributed by atoms with van der Waals surface area (Å²) in [6.45, 7) is 8.06. The van der Waals surface area contributed by atoms with E-state index in [1.165, 1.54) is 0 Å². The van der Waals surface area contributed by atoms with Crippen molar-refractivity contribution in [1.29, 1.82) is 0 Å². The molecule has 0 amide bonds. The molecule has 1 aliphatic rings. The summed E-state index contributed by atoms with van der Waals surface area (Å²) in [6, 6.07) is 7.44. The largest absolute Gasteiger partial charge is 0.480 e. The normalized spacial score (nSPS) is 23.1. The molecular weight excluding hydrogens is 248 g/mol. The second kappa shape index (κ2) is 4.53. The van der Waals surface area contributed by atoms with E-state index in [-0.39, 0.29) is 17.1 Å². The molecule has 0 aliphatic carbocycles. The van der Waals surface area contributed by atoms with E-state index in [1.54, 1.807) is 0 Å². The van der Waals surface area contributed by atoms with Crippen LogP contribution in [0.4, 0.5) is 0 Å². The fraction of sp³-hybridized carbons (Fsp3) is 0.538. The summed E-state index contributed by atoms with van der Waals surface area (Å²) >= 11 is 5.86. The van der Waals surface area contributed by atoms with Crippen LogP contribution in [0.25, 0.3) is 0 Å². The highest BCUT2D eigenvalue weighted by Gasteiger charge is 2.53. The van der Waals surface area contributed by atoms with Gasteiger partial charge in [0.25, 0.3) is 0 Å². The Balaban J connectivity index is 2.17. The second-order valence-corrected chi connectivity index (χ2v) is 6.14. The summed E-state index contributed by atoms with van der Waals surface area (Å²) < 4.78 is 11.9. The van der Waals surface area contributed by atoms with Crippen molar-refractivity contribution in [3.63, 3.8) is 0 Å². The van der Waals surface area contributed by atoms with Crippen LogP contribution in [0.1, 0.15) is 39.2 Å². The summed E-state index contributed by atoms with van der Waals surface area (Å²) in [6.07, 6.45) is 0. The molecule has 3 nitrogen and oxygen atoms in total. The van der Waals surface area contributed by atoms with Gasteiger partial charge in [-0.3, -0.25) is 0 Å². The molecule has 2 N–H and O–H groups in total. The van der Waals surface area contributed by atoms with Crippen molar-refractivity contribution in [2.75, 3.05) is 0 Å². The Morgan fingerprint density at radius 3 is 1.94 bits per heavy atom. The van der Waals surface area contributed by atoms with Gasteiger partial charge in [-0.05, 0) is 45.4 Å². The van der Waals surface area contributed by atoms with Gasteiger partial charge in [0, 0.05) is 5.02 Å². The first-order chi connectivity index (χ1) is 8.23. The number of nitrogens with two attached hydrogens (primary N) is 1. The van der Waals surface area contributed by atoms with E-state index in [4.69, 9.17) is 26.6 Å². The number of hydrogen-bond donors (Lipinski definition) is 1. The minimum atomic E-state index is -0.434. The zero-order valence-electron chi connectivity index (χ0n) is 11.2. The quantitative estimate of drug-likeness (QED) is 0.838. The Bertz CT molecular complexity index is 417. The molecule has 1 fully saturated rings. The number of rotatable bonds is 2. The van der Waals surface area contributed by atoms with E-state index in [1.807, 2.05) is 52.0 Å². The molecule has 0 radical (unpaired) electrons. The lowest BCUT2D eigenvalue weighted by molar-refractivity contribution is 0.00578. The maximum Gasteiger partial charge on any atom is 0.480 e. The molecule has 5 heteroatoms. The zero-order valence-corrected chi connectivity index (χ0v) is 12.0. The van der Waals surface area contributed by atoms with Gasteiger partial charge in [0.1, 0.15) is 0 Å². The maximum atomic E-state index is 6.20. The fourth-order valence-corrected chi connectivity index (χ4v) is 2.00. The molecular formula is C13H19BClNO2. The third-order valence-electron chi connectivity index (χ3n) is 3.82. The SMILES string of the molecule is CC1(C)OB([C@H](N)c2ccc(Cl)cc2)OC1(C)C. The molecule has 1 aromatic carbocycles. The molecule has 1 saturated heterocycles. The predicted molar refractivity (Wildman–Crippen MR) is 74.5 cm³/mol. The lowest BCUT2D eigenvalue weighted by atomic mass is 9.75. The van der Waals surface area contributed by atoms with Crippen molar-refractivity contribution in [3.8, 4) is 0 Å². The van der Waals surface area contributed by atoms with Gasteiger partial charge in [-0.25, -0.2) is 0 Å². The summed E-state index contributed by atoms with van der Waals surface area (Å²) in [7, 11) is -0.434. The molecule has 18 heavy (non-hydrogen) atoms. The number of hydrogen-bond acceptors (Lipinski definition) is 3. The van der Waals surface area contributed by atoms with E-state index in [2.05, 4.69) is 0 Å². The molecule has 0 bridgehead atoms. The number of halogens is 1. The Labute approximate surface area is 114 Å². The molecule has 1 atom stereocenters. The first-order valence-corrected chi connectivity index (χ1v) is 6.47. The monoisotopic (exact) mass is 267 g/mol. The van der Waals surface area contributed by atoms with Crippen LogP contribution >= 0.6 is 11.6 Å². The average molecular weight is 268 g/mol. The lowest BCUT2D eigenvalue weighted by Crippen LogP contribution is -2.41. The first-order valence-electron chi connectivity index (χ1n) is 6.10. The minimum Gasteiger partial charge on any atom is -0.402 e. The van der Waals surface area contributed by atoms with Gasteiger partial charge >= 0.3 is 7.12 Å². The molecule has 1 aromatic rings. The molecule has 1 heterocycles. The maximum absolute atomic E-state index is 6.20. The van der Waals surface area contributed by atoms with E-state index < -0.39 is 7.12 Å². The van der Waals surface area contributed by atoms with Crippen LogP contribution in [0, 0.1) is 0 Å². The lowest BCUT2D eigenvalue weighted by Gasteiger charge is -2.32. The molecule has 2 rings (SSSR count). The zero-order chi connectivity index (χ0) is 13.6. The van der Waals surface area contributed by atoms with Crippen LogP contribution in [0.5, 0.6) is 0 Å². The average Bonchev–Trinajstić information content (AvgIpc) is 2.48. The van der Waals surface area contributed by atoms with Gasteiger partial charge in [-0.15, -0.1) is 0 Å². The van der Waals surface area contributed by atoms with Gasteiger partial charge in [0.05, 0.1) is 17.1 Å². The Kier molecular flexibility index (Phi) is 3.49. The first kappa shape index (κ1) is 13.9. The summed E-state index contributed by atoms with van der Waals surface area (Å²) in [5.74, 6) is -0.316. The number of benzene rings is 1. The highest BCUT2D eigenvalue weighted by Crippen LogP contribution is 2.39. The van der Waals surface area contributed by atoms with Gasteiger partial charge in [-0.2, -0.15) is 0 Å². The van der Waals surface area contributed by atoms with Crippen LogP contribution in [0.3, 0.4) is 0 Å². The van der Waals surface area contributed by atoms with Crippen LogP contribution < -0.4 is 5.73 Å². The van der Waals surface area contributed by atoms with Crippen molar-refractivity contribution < 1.29 is 9.31 Å². The molecule has 0 aromatic heterocycles. The third-order valence-corrected chi connectivity index (χ3v) is 4.07. The Morgan fingerprint density at radius 2 is 1.50 bits per heavy atom. The molecule has 98 valence electrons. The van der Waals surface area contributed by atoms with Gasteiger partial charge in [-0.1, -0.05) is 23.7 Å². The van der Waals surface area contributed by atoms with Crippen LogP contribution in [-0.4, -0.2) is 18.3 Å². The third kappa shape index (κ3) is 2.43. The molecule has 0 saturated carbocycles. The fourth-order valence-electron chi connectivity index (χ4n) is 1.88. The standard InChI is InChI=1S/C13H19BClNO2/c1-12(2)13(3,4)18-14(17-12)11(16)9-5-7-10(15)8-6-9/h5-8,11H,16H2,1-4H3/t11-/m1/s1. The topological polar surface area (TPSA) is 44.5 Å². The highest BCUT2D eigenvalue weighted by atomic mass is 35.5. The van der Waals surface area contributed by atoms with Crippen LogP contribution in [0.2, 0.25) is 5.02 Å². The van der Waals surface area contributed by atoms with Crippen molar-refractivity contribution in [2.24, 2.45) is 5.73 Å². The summed E-state index contributed by atoms with van der Waals surface area (Å²) in [5, 5.41) is 0.694. The highest BCUT2D eigenvalue weighted by molar-refractivity contribution is 6.47. The van der Waals surface area contributed by atoms with E-state index in [0.29, 0.717) is 5.02 Å². The minimum absolute atomic E-state index is 0.316. The van der Waals surface area contributed by atoms with E-state index in [0.717, 1.165) is 5.56 Å². The van der Waals surface area contributed by atoms with Gasteiger partial charge < -0.3 is 15.0 Å². The summed E-state index contributed by atoms with van der Waals surface area (Å²) in [5.41, 5.74) is 6.44. The van der Waals surface area contributed by atoms with E-state index >= 15 is 0 Å². The van der Waals surface area contributed by atoms with Crippen molar-refractivity contribution >= 4 is 18.7 Å². The van der Waals surface area contributed by atoms with Crippen molar-refractivity contribution in [3.05, 3.63) is 34.9 Å². The van der Waals surface area contributed by atoms with Gasteiger partial charge in [0.15, 0.2) is 0 Å².